The van der Waals surface area contributed by atoms with Gasteiger partial charge in [0, 0.05) is 12.8 Å². The number of nitrogens with two attached hydrogens (primary N) is 3. The Morgan fingerprint density at radius 3 is 1.88 bits per heavy atom. The van der Waals surface area contributed by atoms with Crippen LogP contribution in [0.25, 0.3) is 0 Å². The summed E-state index contributed by atoms with van der Waals surface area (Å²) in [6.07, 6.45) is -0.444. The molecule has 0 aliphatic rings. The van der Waals surface area contributed by atoms with Crippen molar-refractivity contribution in [3.05, 3.63) is 0 Å². The molecule has 0 rings (SSSR count). The Balaban J connectivity index is 4.51. The Labute approximate surface area is 138 Å². The first-order chi connectivity index (χ1) is 11.0. The molecule has 0 aromatic rings. The van der Waals surface area contributed by atoms with Crippen LogP contribution in [0, 0.1) is 0 Å². The predicted octanol–water partition coefficient (Wildman–Crippen LogP) is -3.08. The highest BCUT2D eigenvalue weighted by atomic mass is 16.4. The SMILES string of the molecule is C[C@H](NC(=O)[C@@H](N)CCC(N)=O)C(=O)N[C@@H](CCC(N)=O)C(=O)O. The van der Waals surface area contributed by atoms with E-state index < -0.39 is 47.7 Å². The van der Waals surface area contributed by atoms with E-state index >= 15 is 0 Å². The van der Waals surface area contributed by atoms with Gasteiger partial charge in [0.15, 0.2) is 0 Å². The molecule has 3 atom stereocenters. The van der Waals surface area contributed by atoms with E-state index in [1.165, 1.54) is 6.92 Å². The third-order valence-electron chi connectivity index (χ3n) is 3.08. The molecular formula is C13H23N5O6. The van der Waals surface area contributed by atoms with Gasteiger partial charge in [0.1, 0.15) is 12.1 Å². The zero-order valence-corrected chi connectivity index (χ0v) is 13.3. The Kier molecular flexibility index (Phi) is 9.02. The molecule has 24 heavy (non-hydrogen) atoms. The molecule has 4 amide bonds. The van der Waals surface area contributed by atoms with Crippen molar-refractivity contribution in [2.75, 3.05) is 0 Å². The second kappa shape index (κ2) is 10.2. The normalized spacial score (nSPS) is 14.1. The Morgan fingerprint density at radius 1 is 0.917 bits per heavy atom. The first-order valence-corrected chi connectivity index (χ1v) is 7.20. The van der Waals surface area contributed by atoms with Crippen molar-refractivity contribution < 1.29 is 29.1 Å². The minimum atomic E-state index is -1.33. The summed E-state index contributed by atoms with van der Waals surface area (Å²) in [5.41, 5.74) is 15.4. The zero-order chi connectivity index (χ0) is 18.9. The van der Waals surface area contributed by atoms with Crippen molar-refractivity contribution in [3.8, 4) is 0 Å². The molecule has 11 heteroatoms. The summed E-state index contributed by atoms with van der Waals surface area (Å²) in [4.78, 5) is 56.0. The number of nitrogens with one attached hydrogen (secondary N) is 2. The minimum absolute atomic E-state index is 0.0197. The van der Waals surface area contributed by atoms with Crippen LogP contribution >= 0.6 is 0 Å². The molecule has 0 heterocycles. The molecule has 9 N–H and O–H groups in total. The van der Waals surface area contributed by atoms with Crippen LogP contribution < -0.4 is 27.8 Å². The maximum absolute atomic E-state index is 11.9. The fourth-order valence-electron chi connectivity index (χ4n) is 1.66. The van der Waals surface area contributed by atoms with Gasteiger partial charge in [-0.25, -0.2) is 4.79 Å². The molecule has 0 aromatic heterocycles. The van der Waals surface area contributed by atoms with Gasteiger partial charge in [-0.2, -0.15) is 0 Å². The Morgan fingerprint density at radius 2 is 1.42 bits per heavy atom. The molecule has 0 unspecified atom stereocenters. The molecule has 0 saturated carbocycles. The molecule has 0 fully saturated rings. The van der Waals surface area contributed by atoms with E-state index in [-0.39, 0.29) is 25.7 Å². The lowest BCUT2D eigenvalue weighted by Gasteiger charge is -2.20. The summed E-state index contributed by atoms with van der Waals surface area (Å²) in [6.45, 7) is 1.33. The summed E-state index contributed by atoms with van der Waals surface area (Å²) in [7, 11) is 0. The molecule has 0 aliphatic carbocycles. The third-order valence-corrected chi connectivity index (χ3v) is 3.08. The van der Waals surface area contributed by atoms with E-state index in [9.17, 15) is 24.0 Å². The maximum Gasteiger partial charge on any atom is 0.326 e. The number of hydrogen-bond donors (Lipinski definition) is 6. The van der Waals surface area contributed by atoms with Gasteiger partial charge in [0.2, 0.25) is 23.6 Å². The first-order valence-electron chi connectivity index (χ1n) is 7.20. The number of aliphatic carboxylic acids is 1. The summed E-state index contributed by atoms with van der Waals surface area (Å²) in [5, 5.41) is 13.5. The van der Waals surface area contributed by atoms with Gasteiger partial charge in [-0.05, 0) is 19.8 Å². The monoisotopic (exact) mass is 345 g/mol. The van der Waals surface area contributed by atoms with E-state index in [1.54, 1.807) is 0 Å². The van der Waals surface area contributed by atoms with Crippen molar-refractivity contribution in [3.63, 3.8) is 0 Å². The molecule has 0 spiro atoms. The zero-order valence-electron chi connectivity index (χ0n) is 13.3. The highest BCUT2D eigenvalue weighted by Crippen LogP contribution is 1.99. The summed E-state index contributed by atoms with van der Waals surface area (Å²) in [5.74, 6) is -4.08. The van der Waals surface area contributed by atoms with E-state index in [1.807, 2.05) is 0 Å². The molecule has 0 aromatic carbocycles. The van der Waals surface area contributed by atoms with Crippen LogP contribution in [0.2, 0.25) is 0 Å². The van der Waals surface area contributed by atoms with Gasteiger partial charge in [0.25, 0.3) is 0 Å². The summed E-state index contributed by atoms with van der Waals surface area (Å²) in [6, 6.07) is -3.40. The van der Waals surface area contributed by atoms with Gasteiger partial charge < -0.3 is 32.9 Å². The van der Waals surface area contributed by atoms with Crippen LogP contribution in [0.4, 0.5) is 0 Å². The number of hydrogen-bond acceptors (Lipinski definition) is 6. The number of carboxylic acids is 1. The van der Waals surface area contributed by atoms with Gasteiger partial charge in [-0.1, -0.05) is 0 Å². The smallest absolute Gasteiger partial charge is 0.326 e. The van der Waals surface area contributed by atoms with Crippen LogP contribution in [-0.2, 0) is 24.0 Å². The Bertz CT molecular complexity index is 509. The molecule has 11 nitrogen and oxygen atoms in total. The van der Waals surface area contributed by atoms with Crippen molar-refractivity contribution in [1.82, 2.24) is 10.6 Å². The van der Waals surface area contributed by atoms with E-state index in [2.05, 4.69) is 10.6 Å². The predicted molar refractivity (Wildman–Crippen MR) is 82.0 cm³/mol. The topological polar surface area (TPSA) is 208 Å². The van der Waals surface area contributed by atoms with Crippen LogP contribution in [0.3, 0.4) is 0 Å². The van der Waals surface area contributed by atoms with Crippen molar-refractivity contribution in [2.24, 2.45) is 17.2 Å². The summed E-state index contributed by atoms with van der Waals surface area (Å²) < 4.78 is 0. The van der Waals surface area contributed by atoms with Crippen LogP contribution in [0.1, 0.15) is 32.6 Å². The van der Waals surface area contributed by atoms with Gasteiger partial charge in [-0.15, -0.1) is 0 Å². The van der Waals surface area contributed by atoms with E-state index in [4.69, 9.17) is 22.3 Å². The van der Waals surface area contributed by atoms with E-state index in [0.717, 1.165) is 0 Å². The molecule has 0 radical (unpaired) electrons. The van der Waals surface area contributed by atoms with Crippen LogP contribution in [0.15, 0.2) is 0 Å². The molecule has 0 aliphatic heterocycles. The maximum atomic E-state index is 11.9. The lowest BCUT2D eigenvalue weighted by atomic mass is 10.1. The second-order valence-electron chi connectivity index (χ2n) is 5.25. The van der Waals surface area contributed by atoms with E-state index in [0.29, 0.717) is 0 Å². The lowest BCUT2D eigenvalue weighted by molar-refractivity contribution is -0.142. The molecular weight excluding hydrogens is 322 g/mol. The van der Waals surface area contributed by atoms with Gasteiger partial charge in [0.05, 0.1) is 6.04 Å². The molecule has 0 bridgehead atoms. The van der Waals surface area contributed by atoms with Crippen molar-refractivity contribution in [1.29, 1.82) is 0 Å². The Hall–Kier alpha value is -2.69. The highest BCUT2D eigenvalue weighted by molar-refractivity contribution is 5.91. The average molecular weight is 345 g/mol. The molecule has 136 valence electrons. The first kappa shape index (κ1) is 21.3. The standard InChI is InChI=1S/C13H23N5O6/c1-6(17-12(22)7(14)2-4-9(15)19)11(21)18-8(13(23)24)3-5-10(16)20/h6-8H,2-5,14H2,1H3,(H2,15,19)(H2,16,20)(H,17,22)(H,18,21)(H,23,24)/t6-,7-,8-/m0/s1. The molecule has 0 saturated heterocycles. The van der Waals surface area contributed by atoms with Crippen molar-refractivity contribution in [2.45, 2.75) is 50.7 Å². The number of rotatable bonds is 11. The van der Waals surface area contributed by atoms with Gasteiger partial charge in [-0.3, -0.25) is 19.2 Å². The fraction of sp³-hybridized carbons (Fsp3) is 0.615. The van der Waals surface area contributed by atoms with Crippen molar-refractivity contribution >= 4 is 29.6 Å². The van der Waals surface area contributed by atoms with Crippen LogP contribution in [0.5, 0.6) is 0 Å². The minimum Gasteiger partial charge on any atom is -0.480 e. The fourth-order valence-corrected chi connectivity index (χ4v) is 1.66. The lowest BCUT2D eigenvalue weighted by Crippen LogP contribution is -2.53. The average Bonchev–Trinajstić information content (AvgIpc) is 2.47. The number of primary amides is 2. The number of amides is 4. The van der Waals surface area contributed by atoms with Gasteiger partial charge >= 0.3 is 5.97 Å². The van der Waals surface area contributed by atoms with Crippen LogP contribution in [-0.4, -0.2) is 52.8 Å². The third kappa shape index (κ3) is 8.68. The summed E-state index contributed by atoms with van der Waals surface area (Å²) >= 11 is 0. The second-order valence-corrected chi connectivity index (χ2v) is 5.25. The highest BCUT2D eigenvalue weighted by Gasteiger charge is 2.25. The number of carbonyl (C=O) groups is 5. The number of carbonyl (C=O) groups excluding carboxylic acids is 4. The number of carboxylic acid groups (broad SMARTS) is 1. The largest absolute Gasteiger partial charge is 0.480 e. The quantitative estimate of drug-likeness (QED) is 0.227.